The number of allylic oxidation sites excluding steroid dienone is 4. The van der Waals surface area contributed by atoms with E-state index in [4.69, 9.17) is 0 Å². The van der Waals surface area contributed by atoms with Crippen LogP contribution >= 0.6 is 0 Å². The quantitative estimate of drug-likeness (QED) is 0.151. The monoisotopic (exact) mass is 730 g/mol. The van der Waals surface area contributed by atoms with E-state index in [9.17, 15) is 0 Å². The zero-order valence-electron chi connectivity index (χ0n) is 32.0. The van der Waals surface area contributed by atoms with E-state index in [-0.39, 0.29) is 0 Å². The molecule has 0 radical (unpaired) electrons. The standard InChI is InChI=1S/C55H42N2/c1-39-16-29-51(30-17-39)57-54-15-9-8-14-52(54)53-38-47(28-37-55(53)57)46-20-18-42(19-21-46)45-26-35-50(36-27-45)56(48-31-22-43(23-32-48)40-10-4-2-5-11-40)49-33-24-44(25-34-49)41-12-6-3-7-13-41/h2-16,18-39H,17H2,1H3. The van der Waals surface area contributed by atoms with Gasteiger partial charge in [0.2, 0.25) is 0 Å². The van der Waals surface area contributed by atoms with E-state index in [0.29, 0.717) is 5.92 Å². The van der Waals surface area contributed by atoms with E-state index in [2.05, 4.69) is 235 Å². The van der Waals surface area contributed by atoms with Gasteiger partial charge in [0.1, 0.15) is 0 Å². The molecule has 9 aromatic rings. The summed E-state index contributed by atoms with van der Waals surface area (Å²) in [6, 6.07) is 72.5. The number of aromatic nitrogens is 1. The first-order valence-electron chi connectivity index (χ1n) is 19.9. The fourth-order valence-corrected chi connectivity index (χ4v) is 8.28. The van der Waals surface area contributed by atoms with Crippen molar-refractivity contribution in [2.24, 2.45) is 5.92 Å². The van der Waals surface area contributed by atoms with Crippen molar-refractivity contribution in [1.29, 1.82) is 0 Å². The van der Waals surface area contributed by atoms with Crippen LogP contribution in [0.3, 0.4) is 0 Å². The Balaban J connectivity index is 0.952. The maximum absolute atomic E-state index is 2.42. The SMILES string of the molecule is CC1C=CC(n2c3ccccc3c3cc(-c4ccc(-c5ccc(N(c6ccc(-c7ccccc7)cc6)c6ccc(-c7ccccc7)cc6)cc5)cc4)ccc32)=CC1. The first-order chi connectivity index (χ1) is 28.2. The molecule has 1 aliphatic rings. The highest BCUT2D eigenvalue weighted by atomic mass is 15.1. The minimum Gasteiger partial charge on any atom is -0.311 e. The molecule has 0 bridgehead atoms. The lowest BCUT2D eigenvalue weighted by Crippen LogP contribution is -2.09. The molecule has 2 heteroatoms. The molecule has 1 unspecified atom stereocenters. The Morgan fingerprint density at radius 2 is 0.807 bits per heavy atom. The van der Waals surface area contributed by atoms with Crippen LogP contribution in [-0.2, 0) is 0 Å². The van der Waals surface area contributed by atoms with Gasteiger partial charge in [-0.3, -0.25) is 0 Å². The number of benzene rings is 8. The number of hydrogen-bond acceptors (Lipinski definition) is 1. The van der Waals surface area contributed by atoms with Crippen molar-refractivity contribution in [1.82, 2.24) is 4.57 Å². The molecule has 0 amide bonds. The van der Waals surface area contributed by atoms with Crippen LogP contribution in [0.25, 0.3) is 72.0 Å². The molecule has 57 heavy (non-hydrogen) atoms. The maximum atomic E-state index is 2.42. The summed E-state index contributed by atoms with van der Waals surface area (Å²) in [6.45, 7) is 2.27. The van der Waals surface area contributed by atoms with E-state index < -0.39 is 0 Å². The van der Waals surface area contributed by atoms with Crippen LogP contribution in [0.15, 0.2) is 218 Å². The summed E-state index contributed by atoms with van der Waals surface area (Å²) in [4.78, 5) is 2.34. The Morgan fingerprint density at radius 3 is 1.30 bits per heavy atom. The third-order valence-electron chi connectivity index (χ3n) is 11.4. The van der Waals surface area contributed by atoms with Crippen molar-refractivity contribution in [3.8, 4) is 44.5 Å². The number of fused-ring (bicyclic) bond motifs is 3. The number of anilines is 3. The maximum Gasteiger partial charge on any atom is 0.0541 e. The van der Waals surface area contributed by atoms with Crippen molar-refractivity contribution in [2.45, 2.75) is 13.3 Å². The molecule has 1 aliphatic carbocycles. The van der Waals surface area contributed by atoms with Gasteiger partial charge in [-0.05, 0) is 118 Å². The lowest BCUT2D eigenvalue weighted by atomic mass is 9.98. The molecule has 1 heterocycles. The van der Waals surface area contributed by atoms with Crippen molar-refractivity contribution in [3.63, 3.8) is 0 Å². The summed E-state index contributed by atoms with van der Waals surface area (Å²) in [5, 5.41) is 2.57. The van der Waals surface area contributed by atoms with Gasteiger partial charge in [0.05, 0.1) is 11.0 Å². The third-order valence-corrected chi connectivity index (χ3v) is 11.4. The highest BCUT2D eigenvalue weighted by Crippen LogP contribution is 2.39. The van der Waals surface area contributed by atoms with Gasteiger partial charge >= 0.3 is 0 Å². The molecule has 2 nitrogen and oxygen atoms in total. The summed E-state index contributed by atoms with van der Waals surface area (Å²) in [7, 11) is 0. The highest BCUT2D eigenvalue weighted by molar-refractivity contribution is 6.11. The molecule has 0 spiro atoms. The Morgan fingerprint density at radius 1 is 0.404 bits per heavy atom. The molecule has 0 aliphatic heterocycles. The summed E-state index contributed by atoms with van der Waals surface area (Å²) >= 11 is 0. The van der Waals surface area contributed by atoms with E-state index in [1.54, 1.807) is 0 Å². The summed E-state index contributed by atoms with van der Waals surface area (Å²) in [6.07, 6.45) is 8.05. The summed E-state index contributed by atoms with van der Waals surface area (Å²) in [5.74, 6) is 0.580. The third kappa shape index (κ3) is 6.66. The van der Waals surface area contributed by atoms with Gasteiger partial charge in [0.25, 0.3) is 0 Å². The molecular weight excluding hydrogens is 689 g/mol. The molecular formula is C55H42N2. The molecule has 0 saturated carbocycles. The van der Waals surface area contributed by atoms with Gasteiger partial charge in [0.15, 0.2) is 0 Å². The summed E-state index contributed by atoms with van der Waals surface area (Å²) in [5.41, 5.74) is 16.7. The van der Waals surface area contributed by atoms with Crippen LogP contribution in [0, 0.1) is 5.92 Å². The zero-order chi connectivity index (χ0) is 38.1. The van der Waals surface area contributed by atoms with Crippen LogP contribution in [0.2, 0.25) is 0 Å². The average Bonchev–Trinajstić information content (AvgIpc) is 3.62. The predicted octanol–water partition coefficient (Wildman–Crippen LogP) is 15.4. The van der Waals surface area contributed by atoms with Gasteiger partial charge in [-0.15, -0.1) is 0 Å². The van der Waals surface area contributed by atoms with Crippen LogP contribution in [0.1, 0.15) is 13.3 Å². The molecule has 1 aromatic heterocycles. The van der Waals surface area contributed by atoms with Gasteiger partial charge < -0.3 is 9.47 Å². The molecule has 8 aromatic carbocycles. The van der Waals surface area contributed by atoms with E-state index in [0.717, 1.165) is 23.5 Å². The first kappa shape index (κ1) is 34.3. The van der Waals surface area contributed by atoms with Gasteiger partial charge in [-0.2, -0.15) is 0 Å². The van der Waals surface area contributed by atoms with Crippen molar-refractivity contribution >= 4 is 44.6 Å². The molecule has 0 fully saturated rings. The number of nitrogens with zero attached hydrogens (tertiary/aromatic N) is 2. The number of rotatable bonds is 8. The van der Waals surface area contributed by atoms with Crippen LogP contribution in [0.4, 0.5) is 17.1 Å². The second-order valence-electron chi connectivity index (χ2n) is 15.1. The van der Waals surface area contributed by atoms with Crippen LogP contribution < -0.4 is 4.90 Å². The number of hydrogen-bond donors (Lipinski definition) is 0. The zero-order valence-corrected chi connectivity index (χ0v) is 32.0. The average molecular weight is 731 g/mol. The van der Waals surface area contributed by atoms with Crippen molar-refractivity contribution < 1.29 is 0 Å². The second kappa shape index (κ2) is 14.8. The number of para-hydroxylation sites is 1. The van der Waals surface area contributed by atoms with Gasteiger partial charge in [-0.1, -0.05) is 165 Å². The van der Waals surface area contributed by atoms with E-state index in [1.165, 1.54) is 72.0 Å². The van der Waals surface area contributed by atoms with Crippen LogP contribution in [-0.4, -0.2) is 4.57 Å². The lowest BCUT2D eigenvalue weighted by Gasteiger charge is -2.26. The van der Waals surface area contributed by atoms with Gasteiger partial charge in [0, 0.05) is 33.5 Å². The molecule has 1 atom stereocenters. The summed E-state index contributed by atoms with van der Waals surface area (Å²) < 4.78 is 2.42. The Bertz CT molecular complexity index is 2800. The second-order valence-corrected chi connectivity index (χ2v) is 15.1. The fourth-order valence-electron chi connectivity index (χ4n) is 8.28. The normalized spacial score (nSPS) is 13.8. The molecule has 10 rings (SSSR count). The highest BCUT2D eigenvalue weighted by Gasteiger charge is 2.17. The Labute approximate surface area is 334 Å². The van der Waals surface area contributed by atoms with E-state index >= 15 is 0 Å². The van der Waals surface area contributed by atoms with Gasteiger partial charge in [-0.25, -0.2) is 0 Å². The smallest absolute Gasteiger partial charge is 0.0541 e. The molecule has 0 N–H and O–H groups in total. The van der Waals surface area contributed by atoms with Crippen molar-refractivity contribution in [2.75, 3.05) is 4.90 Å². The Hall–Kier alpha value is -7.16. The van der Waals surface area contributed by atoms with E-state index in [1.807, 2.05) is 0 Å². The fraction of sp³-hybridized carbons (Fsp3) is 0.0545. The minimum atomic E-state index is 0.580. The predicted molar refractivity (Wildman–Crippen MR) is 243 cm³/mol. The van der Waals surface area contributed by atoms with Crippen LogP contribution in [0.5, 0.6) is 0 Å². The van der Waals surface area contributed by atoms with Crippen molar-refractivity contribution in [3.05, 3.63) is 218 Å². The largest absolute Gasteiger partial charge is 0.311 e. The Kier molecular flexibility index (Phi) is 8.93. The first-order valence-corrected chi connectivity index (χ1v) is 19.9. The molecule has 0 saturated heterocycles. The lowest BCUT2D eigenvalue weighted by molar-refractivity contribution is 0.735. The topological polar surface area (TPSA) is 8.17 Å². The minimum absolute atomic E-state index is 0.580. The molecule has 272 valence electrons.